The van der Waals surface area contributed by atoms with Gasteiger partial charge in [-0.2, -0.15) is 0 Å². The van der Waals surface area contributed by atoms with Crippen molar-refractivity contribution < 1.29 is 0 Å². The Hall–Kier alpha value is -2.41. The van der Waals surface area contributed by atoms with Crippen LogP contribution in [-0.4, -0.2) is 5.71 Å². The van der Waals surface area contributed by atoms with Crippen molar-refractivity contribution in [2.24, 2.45) is 4.99 Å². The summed E-state index contributed by atoms with van der Waals surface area (Å²) in [7, 11) is 0. The highest BCUT2D eigenvalue weighted by atomic mass is 14.8. The van der Waals surface area contributed by atoms with Gasteiger partial charge in [0.05, 0.1) is 11.4 Å². The van der Waals surface area contributed by atoms with E-state index in [9.17, 15) is 0 Å². The molecule has 1 aliphatic rings. The monoisotopic (exact) mass is 299 g/mol. The van der Waals surface area contributed by atoms with Gasteiger partial charge in [0.15, 0.2) is 0 Å². The van der Waals surface area contributed by atoms with E-state index in [2.05, 4.69) is 76.2 Å². The summed E-state index contributed by atoms with van der Waals surface area (Å²) in [5.41, 5.74) is 8.68. The van der Waals surface area contributed by atoms with E-state index in [-0.39, 0.29) is 0 Å². The predicted octanol–water partition coefficient (Wildman–Crippen LogP) is 6.06. The fourth-order valence-electron chi connectivity index (χ4n) is 3.72. The smallest absolute Gasteiger partial charge is 0.0789 e. The molecule has 1 nitrogen and oxygen atoms in total. The van der Waals surface area contributed by atoms with Crippen molar-refractivity contribution >= 4 is 22.2 Å². The topological polar surface area (TPSA) is 12.4 Å². The Balaban J connectivity index is 1.99. The van der Waals surface area contributed by atoms with Crippen molar-refractivity contribution in [3.8, 4) is 0 Å². The molecular formula is C22H21N. The molecule has 1 aliphatic heterocycles. The van der Waals surface area contributed by atoms with E-state index < -0.39 is 0 Å². The number of hydrogen-bond acceptors (Lipinski definition) is 1. The maximum atomic E-state index is 4.97. The van der Waals surface area contributed by atoms with E-state index in [1.807, 2.05) is 0 Å². The van der Waals surface area contributed by atoms with Crippen molar-refractivity contribution in [3.05, 3.63) is 76.3 Å². The highest BCUT2D eigenvalue weighted by Crippen LogP contribution is 2.40. The zero-order chi connectivity index (χ0) is 16.1. The number of aliphatic imine (C=N–C) groups is 1. The molecule has 0 N–H and O–H groups in total. The molecule has 23 heavy (non-hydrogen) atoms. The van der Waals surface area contributed by atoms with E-state index in [0.29, 0.717) is 5.92 Å². The van der Waals surface area contributed by atoms with Crippen LogP contribution in [0.4, 0.5) is 5.69 Å². The highest BCUT2D eigenvalue weighted by molar-refractivity contribution is 6.26. The van der Waals surface area contributed by atoms with Crippen LogP contribution in [0.1, 0.15) is 47.6 Å². The molecule has 0 aliphatic carbocycles. The van der Waals surface area contributed by atoms with E-state index in [1.165, 1.54) is 38.6 Å². The number of aryl methyl sites for hydroxylation is 2. The molecule has 0 fully saturated rings. The Bertz CT molecular complexity index is 941. The van der Waals surface area contributed by atoms with E-state index in [0.717, 1.165) is 11.4 Å². The van der Waals surface area contributed by atoms with Gasteiger partial charge in [0, 0.05) is 16.5 Å². The van der Waals surface area contributed by atoms with Gasteiger partial charge < -0.3 is 0 Å². The minimum absolute atomic E-state index is 0.518. The fraction of sp³-hybridized carbons (Fsp3) is 0.227. The van der Waals surface area contributed by atoms with E-state index in [1.54, 1.807) is 0 Å². The number of nitrogens with zero attached hydrogens (tertiary/aromatic N) is 1. The third-order valence-electron chi connectivity index (χ3n) is 4.66. The molecule has 0 saturated carbocycles. The minimum Gasteiger partial charge on any atom is -0.247 e. The Morgan fingerprint density at radius 1 is 0.870 bits per heavy atom. The van der Waals surface area contributed by atoms with Crippen LogP contribution in [0.25, 0.3) is 10.8 Å². The average Bonchev–Trinajstić information content (AvgIpc) is 2.87. The zero-order valence-corrected chi connectivity index (χ0v) is 14.1. The predicted molar refractivity (Wildman–Crippen MR) is 99.3 cm³/mol. The third kappa shape index (κ3) is 2.19. The lowest BCUT2D eigenvalue weighted by atomic mass is 9.90. The third-order valence-corrected chi connectivity index (χ3v) is 4.66. The average molecular weight is 299 g/mol. The minimum atomic E-state index is 0.518. The Labute approximate surface area is 137 Å². The van der Waals surface area contributed by atoms with Gasteiger partial charge in [0.1, 0.15) is 0 Å². The molecule has 0 unspecified atom stereocenters. The molecular weight excluding hydrogens is 278 g/mol. The largest absolute Gasteiger partial charge is 0.247 e. The van der Waals surface area contributed by atoms with Crippen molar-refractivity contribution in [1.82, 2.24) is 0 Å². The Kier molecular flexibility index (Phi) is 3.12. The second-order valence-corrected chi connectivity index (χ2v) is 6.89. The summed E-state index contributed by atoms with van der Waals surface area (Å²) in [4.78, 5) is 4.97. The Morgan fingerprint density at radius 2 is 1.61 bits per heavy atom. The second-order valence-electron chi connectivity index (χ2n) is 6.89. The molecule has 0 amide bonds. The molecule has 0 atom stereocenters. The maximum Gasteiger partial charge on any atom is 0.0789 e. The Morgan fingerprint density at radius 3 is 2.30 bits per heavy atom. The quantitative estimate of drug-likeness (QED) is 0.426. The van der Waals surface area contributed by atoms with Crippen molar-refractivity contribution in [2.75, 3.05) is 0 Å². The summed E-state index contributed by atoms with van der Waals surface area (Å²) in [5.74, 6) is 0.518. The van der Waals surface area contributed by atoms with E-state index in [4.69, 9.17) is 4.99 Å². The molecule has 0 bridgehead atoms. The first-order chi connectivity index (χ1) is 11.0. The SMILES string of the molecule is Cc1cc(C)cc(C2=Nc3cccc4c(C(C)C)ccc2c34)c1. The van der Waals surface area contributed by atoms with Gasteiger partial charge in [-0.3, -0.25) is 0 Å². The summed E-state index contributed by atoms with van der Waals surface area (Å²) in [6, 6.07) is 17.7. The van der Waals surface area contributed by atoms with Crippen LogP contribution in [0, 0.1) is 13.8 Å². The van der Waals surface area contributed by atoms with Crippen molar-refractivity contribution in [3.63, 3.8) is 0 Å². The van der Waals surface area contributed by atoms with Gasteiger partial charge in [-0.1, -0.05) is 55.3 Å². The molecule has 4 rings (SSSR count). The van der Waals surface area contributed by atoms with Crippen LogP contribution >= 0.6 is 0 Å². The molecule has 0 radical (unpaired) electrons. The summed E-state index contributed by atoms with van der Waals surface area (Å²) in [6.45, 7) is 8.81. The summed E-state index contributed by atoms with van der Waals surface area (Å²) in [6.07, 6.45) is 0. The first-order valence-electron chi connectivity index (χ1n) is 8.28. The molecule has 1 heteroatoms. The van der Waals surface area contributed by atoms with Crippen LogP contribution in [0.15, 0.2) is 53.5 Å². The van der Waals surface area contributed by atoms with Crippen LogP contribution in [-0.2, 0) is 0 Å². The van der Waals surface area contributed by atoms with Gasteiger partial charge in [-0.05, 0) is 48.9 Å². The number of benzene rings is 3. The van der Waals surface area contributed by atoms with Crippen LogP contribution in [0.2, 0.25) is 0 Å². The van der Waals surface area contributed by atoms with Crippen molar-refractivity contribution in [1.29, 1.82) is 0 Å². The summed E-state index contributed by atoms with van der Waals surface area (Å²) < 4.78 is 0. The lowest BCUT2D eigenvalue weighted by Gasteiger charge is -2.12. The normalized spacial score (nSPS) is 13.0. The lowest BCUT2D eigenvalue weighted by molar-refractivity contribution is 0.876. The van der Waals surface area contributed by atoms with Gasteiger partial charge >= 0.3 is 0 Å². The first kappa shape index (κ1) is 14.2. The van der Waals surface area contributed by atoms with Gasteiger partial charge in [0.25, 0.3) is 0 Å². The molecule has 0 spiro atoms. The number of hydrogen-bond donors (Lipinski definition) is 0. The van der Waals surface area contributed by atoms with Gasteiger partial charge in [0.2, 0.25) is 0 Å². The standard InChI is InChI=1S/C22H21N/c1-13(2)17-8-9-19-21-18(17)6-5-7-20(21)23-22(19)16-11-14(3)10-15(4)12-16/h5-13H,1-4H3. The first-order valence-corrected chi connectivity index (χ1v) is 8.28. The van der Waals surface area contributed by atoms with Gasteiger partial charge in [-0.15, -0.1) is 0 Å². The zero-order valence-electron chi connectivity index (χ0n) is 14.1. The summed E-state index contributed by atoms with van der Waals surface area (Å²) >= 11 is 0. The molecule has 0 aromatic heterocycles. The fourth-order valence-corrected chi connectivity index (χ4v) is 3.72. The molecule has 3 aromatic rings. The number of rotatable bonds is 2. The summed E-state index contributed by atoms with van der Waals surface area (Å²) in [5, 5.41) is 2.66. The van der Waals surface area contributed by atoms with Crippen molar-refractivity contribution in [2.45, 2.75) is 33.6 Å². The maximum absolute atomic E-state index is 4.97. The van der Waals surface area contributed by atoms with Gasteiger partial charge in [-0.25, -0.2) is 4.99 Å². The highest BCUT2D eigenvalue weighted by Gasteiger charge is 2.21. The lowest BCUT2D eigenvalue weighted by Crippen LogP contribution is -2.02. The molecule has 114 valence electrons. The van der Waals surface area contributed by atoms with Crippen LogP contribution in [0.5, 0.6) is 0 Å². The van der Waals surface area contributed by atoms with E-state index >= 15 is 0 Å². The van der Waals surface area contributed by atoms with Crippen LogP contribution < -0.4 is 0 Å². The molecule has 3 aromatic carbocycles. The van der Waals surface area contributed by atoms with Crippen LogP contribution in [0.3, 0.4) is 0 Å². The molecule has 1 heterocycles. The second kappa shape index (κ2) is 5.06. The molecule has 0 saturated heterocycles.